The molecular weight excluding hydrogens is 312 g/mol. The first-order valence-corrected chi connectivity index (χ1v) is 9.79. The molecule has 0 heterocycles. The summed E-state index contributed by atoms with van der Waals surface area (Å²) in [7, 11) is 0. The lowest BCUT2D eigenvalue weighted by Gasteiger charge is -2.32. The lowest BCUT2D eigenvalue weighted by Crippen LogP contribution is -2.19. The predicted molar refractivity (Wildman–Crippen MR) is 120 cm³/mol. The minimum atomic E-state index is 0.297. The first-order chi connectivity index (χ1) is 12.3. The van der Waals surface area contributed by atoms with Crippen molar-refractivity contribution < 1.29 is 0 Å². The van der Waals surface area contributed by atoms with Gasteiger partial charge in [-0.1, -0.05) is 87.4 Å². The highest BCUT2D eigenvalue weighted by molar-refractivity contribution is 5.37. The fraction of sp³-hybridized carbons (Fsp3) is 0.462. The molecule has 1 aliphatic carbocycles. The van der Waals surface area contributed by atoms with Gasteiger partial charge in [-0.05, 0) is 56.6 Å². The Balaban J connectivity index is 0.00000301. The summed E-state index contributed by atoms with van der Waals surface area (Å²) in [5, 5.41) is 0. The van der Waals surface area contributed by atoms with Gasteiger partial charge in [0.15, 0.2) is 0 Å². The van der Waals surface area contributed by atoms with Crippen LogP contribution in [0.1, 0.15) is 74.1 Å². The van der Waals surface area contributed by atoms with Gasteiger partial charge in [0.1, 0.15) is 0 Å². The maximum absolute atomic E-state index is 5.29. The number of hydrogen-bond acceptors (Lipinski definition) is 0. The van der Waals surface area contributed by atoms with E-state index in [2.05, 4.69) is 77.5 Å². The highest BCUT2D eigenvalue weighted by atomic mass is 14.3. The third kappa shape index (κ3) is 8.91. The van der Waals surface area contributed by atoms with Crippen LogP contribution in [0.2, 0.25) is 0 Å². The van der Waals surface area contributed by atoms with E-state index >= 15 is 0 Å². The summed E-state index contributed by atoms with van der Waals surface area (Å²) in [6.45, 7) is 19.1. The van der Waals surface area contributed by atoms with E-state index in [0.29, 0.717) is 11.8 Å². The number of allylic oxidation sites excluding steroid dienone is 11. The zero-order valence-corrected chi connectivity index (χ0v) is 18.1. The van der Waals surface area contributed by atoms with Gasteiger partial charge in [0.05, 0.1) is 0 Å². The maximum Gasteiger partial charge on any atom is 0.0331 e. The van der Waals surface area contributed by atoms with Gasteiger partial charge in [-0.25, -0.2) is 0 Å². The van der Waals surface area contributed by atoms with Crippen LogP contribution < -0.4 is 0 Å². The predicted octanol–water partition coefficient (Wildman–Crippen LogP) is 8.12. The molecule has 0 spiro atoms. The smallest absolute Gasteiger partial charge is 0.0331 e. The molecule has 0 saturated heterocycles. The second kappa shape index (κ2) is 12.4. The Morgan fingerprint density at radius 1 is 1.19 bits per heavy atom. The van der Waals surface area contributed by atoms with Gasteiger partial charge in [-0.2, -0.15) is 0 Å². The summed E-state index contributed by atoms with van der Waals surface area (Å²) in [4.78, 5) is 0. The Labute approximate surface area is 163 Å². The van der Waals surface area contributed by atoms with Crippen molar-refractivity contribution in [1.29, 1.82) is 0 Å². The largest absolute Gasteiger partial charge is 0.120 e. The first kappa shape index (κ1) is 24.0. The Morgan fingerprint density at radius 2 is 1.85 bits per heavy atom. The molecule has 0 aromatic rings. The molecule has 0 aromatic carbocycles. The zero-order valence-electron chi connectivity index (χ0n) is 18.1. The summed E-state index contributed by atoms with van der Waals surface area (Å²) in [5.41, 5.74) is 6.73. The Morgan fingerprint density at radius 3 is 2.42 bits per heavy atom. The van der Waals surface area contributed by atoms with Crippen LogP contribution in [-0.4, -0.2) is 0 Å². The van der Waals surface area contributed by atoms with Crippen LogP contribution in [0.25, 0.3) is 0 Å². The van der Waals surface area contributed by atoms with Crippen molar-refractivity contribution in [2.75, 3.05) is 0 Å². The Kier molecular flexibility index (Phi) is 11.4. The first-order valence-electron chi connectivity index (χ1n) is 9.79. The quantitative estimate of drug-likeness (QED) is 0.335. The van der Waals surface area contributed by atoms with E-state index in [1.165, 1.54) is 36.0 Å². The molecule has 1 aliphatic rings. The van der Waals surface area contributed by atoms with Crippen LogP contribution in [-0.2, 0) is 0 Å². The normalized spacial score (nSPS) is 17.9. The highest BCUT2D eigenvalue weighted by Gasteiger charge is 2.26. The maximum atomic E-state index is 5.29. The molecule has 0 aliphatic heterocycles. The fourth-order valence-corrected chi connectivity index (χ4v) is 3.18. The van der Waals surface area contributed by atoms with E-state index in [1.807, 2.05) is 19.9 Å². The van der Waals surface area contributed by atoms with Crippen LogP contribution >= 0.6 is 0 Å². The number of terminal acetylenes is 1. The van der Waals surface area contributed by atoms with Gasteiger partial charge in [0.2, 0.25) is 0 Å². The zero-order chi connectivity index (χ0) is 20.2. The summed E-state index contributed by atoms with van der Waals surface area (Å²) < 4.78 is 0. The molecule has 0 heteroatoms. The van der Waals surface area contributed by atoms with E-state index in [4.69, 9.17) is 6.42 Å². The monoisotopic (exact) mass is 350 g/mol. The lowest BCUT2D eigenvalue weighted by atomic mass is 9.72. The van der Waals surface area contributed by atoms with Crippen LogP contribution in [0.15, 0.2) is 70.9 Å². The van der Waals surface area contributed by atoms with Crippen molar-refractivity contribution in [2.24, 2.45) is 5.41 Å². The van der Waals surface area contributed by atoms with Crippen molar-refractivity contribution >= 4 is 0 Å². The lowest BCUT2D eigenvalue weighted by molar-refractivity contribution is 0.377. The molecule has 0 unspecified atom stereocenters. The molecule has 0 aromatic heterocycles. The minimum Gasteiger partial charge on any atom is -0.120 e. The van der Waals surface area contributed by atoms with Crippen molar-refractivity contribution in [3.8, 4) is 12.3 Å². The number of rotatable bonds is 6. The highest BCUT2D eigenvalue weighted by Crippen LogP contribution is 2.40. The van der Waals surface area contributed by atoms with Gasteiger partial charge in [-0.15, -0.1) is 12.3 Å². The van der Waals surface area contributed by atoms with Gasteiger partial charge in [0.25, 0.3) is 0 Å². The van der Waals surface area contributed by atoms with E-state index in [1.54, 1.807) is 0 Å². The minimum absolute atomic E-state index is 0.297. The Hall–Kier alpha value is -2.00. The molecule has 0 fully saturated rings. The molecule has 0 bridgehead atoms. The molecule has 0 radical (unpaired) electrons. The van der Waals surface area contributed by atoms with Gasteiger partial charge in [0, 0.05) is 6.42 Å². The molecule has 0 amide bonds. The van der Waals surface area contributed by atoms with E-state index in [-0.39, 0.29) is 0 Å². The van der Waals surface area contributed by atoms with E-state index < -0.39 is 0 Å². The second-order valence-corrected chi connectivity index (χ2v) is 7.46. The number of hydrogen-bond donors (Lipinski definition) is 0. The Bertz CT molecular complexity index is 649. The SMILES string of the molecule is C#CCC(=C)/C=C(C)/C=C/C=C(C)/C=C/C1=C(C)CCCC1(C)C.CC. The average Bonchev–Trinajstić information content (AvgIpc) is 2.55. The molecule has 0 nitrogen and oxygen atoms in total. The van der Waals surface area contributed by atoms with Crippen molar-refractivity contribution in [2.45, 2.75) is 74.1 Å². The van der Waals surface area contributed by atoms with Gasteiger partial charge in [-0.3, -0.25) is 0 Å². The van der Waals surface area contributed by atoms with Gasteiger partial charge >= 0.3 is 0 Å². The molecule has 142 valence electrons. The van der Waals surface area contributed by atoms with Crippen LogP contribution in [0.4, 0.5) is 0 Å². The van der Waals surface area contributed by atoms with Crippen molar-refractivity contribution in [3.63, 3.8) is 0 Å². The second-order valence-electron chi connectivity index (χ2n) is 7.46. The molecule has 1 rings (SSSR count). The summed E-state index contributed by atoms with van der Waals surface area (Å²) in [6.07, 6.45) is 22.6. The molecular formula is C26H38. The third-order valence-corrected chi connectivity index (χ3v) is 4.53. The molecule has 0 N–H and O–H groups in total. The van der Waals surface area contributed by atoms with E-state index in [0.717, 1.165) is 11.1 Å². The average molecular weight is 351 g/mol. The van der Waals surface area contributed by atoms with Crippen LogP contribution in [0.5, 0.6) is 0 Å². The molecule has 0 atom stereocenters. The van der Waals surface area contributed by atoms with Crippen molar-refractivity contribution in [1.82, 2.24) is 0 Å². The summed E-state index contributed by atoms with van der Waals surface area (Å²) in [5.74, 6) is 2.61. The molecule has 0 saturated carbocycles. The summed E-state index contributed by atoms with van der Waals surface area (Å²) >= 11 is 0. The molecule has 26 heavy (non-hydrogen) atoms. The van der Waals surface area contributed by atoms with Crippen LogP contribution in [0, 0.1) is 17.8 Å². The van der Waals surface area contributed by atoms with Crippen molar-refractivity contribution in [3.05, 3.63) is 70.9 Å². The van der Waals surface area contributed by atoms with Gasteiger partial charge < -0.3 is 0 Å². The standard InChI is InChI=1S/C24H32.C2H6/c1-8-11-20(3)18-21(4)13-9-12-19(2)15-16-23-22(5)14-10-17-24(23,6)7;1-2/h1,9,12-13,15-16,18H,3,10-11,14,17H2,2,4-7H3;1-2H3/b13-9+,16-15+,19-12+,21-18+;. The third-order valence-electron chi connectivity index (χ3n) is 4.53. The fourth-order valence-electron chi connectivity index (χ4n) is 3.18. The topological polar surface area (TPSA) is 0 Å². The van der Waals surface area contributed by atoms with Crippen LogP contribution in [0.3, 0.4) is 0 Å². The van der Waals surface area contributed by atoms with E-state index in [9.17, 15) is 0 Å². The summed E-state index contributed by atoms with van der Waals surface area (Å²) in [6, 6.07) is 0.